The number of hydrogen-bond acceptors (Lipinski definition) is 3. The van der Waals surface area contributed by atoms with Crippen LogP contribution in [0.15, 0.2) is 84.0 Å². The Morgan fingerprint density at radius 3 is 2.04 bits per heavy atom. The van der Waals surface area contributed by atoms with Crippen molar-refractivity contribution in [2.75, 3.05) is 0 Å². The lowest BCUT2D eigenvalue weighted by Gasteiger charge is -2.12. The van der Waals surface area contributed by atoms with E-state index in [2.05, 4.69) is 5.11 Å². The Hall–Kier alpha value is -3.48. The van der Waals surface area contributed by atoms with Crippen molar-refractivity contribution in [3.05, 3.63) is 101 Å². The van der Waals surface area contributed by atoms with Gasteiger partial charge in [-0.15, -0.1) is 0 Å². The van der Waals surface area contributed by atoms with E-state index >= 15 is 0 Å². The fourth-order valence-corrected chi connectivity index (χ4v) is 2.56. The normalized spacial score (nSPS) is 12.0. The molecule has 0 aliphatic carbocycles. The first-order valence-electron chi connectivity index (χ1n) is 7.92. The minimum Gasteiger partial charge on any atom is -0.594 e. The number of carbonyl (C=O) groups excluding carboxylic acids is 1. The third kappa shape index (κ3) is 4.03. The molecule has 0 unspecified atom stereocenters. The summed E-state index contributed by atoms with van der Waals surface area (Å²) in [6.45, 7) is 0. The second-order valence-corrected chi connectivity index (χ2v) is 5.60. The van der Waals surface area contributed by atoms with E-state index in [1.165, 1.54) is 36.4 Å². The van der Waals surface area contributed by atoms with Gasteiger partial charge < -0.3 is 5.21 Å². The molecule has 0 heterocycles. The van der Waals surface area contributed by atoms with Crippen LogP contribution in [0.4, 0.5) is 24.5 Å². The van der Waals surface area contributed by atoms with Crippen molar-refractivity contribution in [2.24, 2.45) is 5.11 Å². The molecule has 3 aromatic carbocycles. The third-order valence-corrected chi connectivity index (χ3v) is 3.79. The first-order chi connectivity index (χ1) is 12.9. The summed E-state index contributed by atoms with van der Waals surface area (Å²) >= 11 is 0. The Labute approximate surface area is 152 Å². The van der Waals surface area contributed by atoms with E-state index < -0.39 is 23.1 Å². The van der Waals surface area contributed by atoms with Gasteiger partial charge in [0.2, 0.25) is 0 Å². The van der Waals surface area contributed by atoms with Gasteiger partial charge in [-0.3, -0.25) is 4.79 Å². The molecule has 0 amide bonds. The lowest BCUT2D eigenvalue weighted by Crippen LogP contribution is -2.14. The predicted octanol–water partition coefficient (Wildman–Crippen LogP) is 5.86. The number of carbonyl (C=O) groups is 1. The van der Waals surface area contributed by atoms with E-state index in [0.29, 0.717) is 5.69 Å². The summed E-state index contributed by atoms with van der Waals surface area (Å²) in [6.07, 6.45) is -4.69. The van der Waals surface area contributed by atoms with Gasteiger partial charge in [0, 0.05) is 16.7 Å². The van der Waals surface area contributed by atoms with Crippen LogP contribution in [-0.4, -0.2) is 10.6 Å². The van der Waals surface area contributed by atoms with Gasteiger partial charge in [-0.1, -0.05) is 48.5 Å². The van der Waals surface area contributed by atoms with Crippen molar-refractivity contribution in [3.63, 3.8) is 0 Å². The maximum atomic E-state index is 13.2. The molecule has 0 spiro atoms. The number of ketones is 1. The van der Waals surface area contributed by atoms with Gasteiger partial charge in [-0.05, 0) is 29.1 Å². The van der Waals surface area contributed by atoms with Gasteiger partial charge in [-0.25, -0.2) is 0 Å². The van der Waals surface area contributed by atoms with E-state index in [1.807, 2.05) is 0 Å². The lowest BCUT2D eigenvalue weighted by molar-refractivity contribution is -0.435. The van der Waals surface area contributed by atoms with Crippen molar-refractivity contribution < 1.29 is 22.8 Å². The molecule has 0 aromatic heterocycles. The lowest BCUT2D eigenvalue weighted by atomic mass is 9.97. The second-order valence-electron chi connectivity index (χ2n) is 5.60. The summed E-state index contributed by atoms with van der Waals surface area (Å²) in [5.41, 5.74) is -1.52. The monoisotopic (exact) mass is 370 g/mol. The average Bonchev–Trinajstić information content (AvgIpc) is 2.67. The van der Waals surface area contributed by atoms with E-state index in [4.69, 9.17) is 0 Å². The maximum absolute atomic E-state index is 13.2. The average molecular weight is 370 g/mol. The molecule has 0 fully saturated rings. The fraction of sp³-hybridized carbons (Fsp3) is 0.0500. The summed E-state index contributed by atoms with van der Waals surface area (Å²) < 4.78 is 39.7. The van der Waals surface area contributed by atoms with Crippen molar-refractivity contribution in [2.45, 2.75) is 6.18 Å². The number of benzene rings is 3. The van der Waals surface area contributed by atoms with Gasteiger partial charge in [0.25, 0.3) is 5.69 Å². The standard InChI is InChI=1S/C20H13F3N2O2/c21-20(22,23)17-12-6-4-10-15(17)19(26)16-11-5-7-13-18(16)25(27)24-14-8-2-1-3-9-14/h1-13H. The summed E-state index contributed by atoms with van der Waals surface area (Å²) in [5, 5.41) is 16.3. The fourth-order valence-electron chi connectivity index (χ4n) is 2.56. The number of rotatable bonds is 4. The third-order valence-electron chi connectivity index (χ3n) is 3.79. The first kappa shape index (κ1) is 18.3. The van der Waals surface area contributed by atoms with Crippen LogP contribution in [0.25, 0.3) is 0 Å². The smallest absolute Gasteiger partial charge is 0.417 e. The molecule has 0 bridgehead atoms. The van der Waals surface area contributed by atoms with Gasteiger partial charge in [-0.2, -0.15) is 13.2 Å². The number of hydrogen-bond donors (Lipinski definition) is 0. The Morgan fingerprint density at radius 2 is 1.37 bits per heavy atom. The molecule has 0 saturated heterocycles. The van der Waals surface area contributed by atoms with Crippen LogP contribution in [0.5, 0.6) is 0 Å². The van der Waals surface area contributed by atoms with Crippen LogP contribution >= 0.6 is 0 Å². The van der Waals surface area contributed by atoms with Crippen LogP contribution in [0.2, 0.25) is 0 Å². The molecule has 0 N–H and O–H groups in total. The molecule has 0 aliphatic rings. The van der Waals surface area contributed by atoms with Crippen LogP contribution < -0.4 is 0 Å². The maximum Gasteiger partial charge on any atom is 0.417 e. The zero-order valence-electron chi connectivity index (χ0n) is 13.9. The quantitative estimate of drug-likeness (QED) is 0.250. The van der Waals surface area contributed by atoms with Gasteiger partial charge >= 0.3 is 6.18 Å². The number of alkyl halides is 3. The van der Waals surface area contributed by atoms with Crippen LogP contribution in [0.3, 0.4) is 0 Å². The molecule has 4 nitrogen and oxygen atoms in total. The highest BCUT2D eigenvalue weighted by atomic mass is 19.4. The summed E-state index contributed by atoms with van der Waals surface area (Å²) in [6, 6.07) is 18.4. The predicted molar refractivity (Wildman–Crippen MR) is 93.1 cm³/mol. The SMILES string of the molecule is O=C(c1ccccc1[N+]([O-])=Nc1ccccc1)c1ccccc1C(F)(F)F. The van der Waals surface area contributed by atoms with E-state index in [-0.39, 0.29) is 16.1 Å². The highest BCUT2D eigenvalue weighted by Crippen LogP contribution is 2.34. The van der Waals surface area contributed by atoms with Crippen LogP contribution in [-0.2, 0) is 6.18 Å². The van der Waals surface area contributed by atoms with Gasteiger partial charge in [0.1, 0.15) is 5.69 Å². The van der Waals surface area contributed by atoms with Crippen molar-refractivity contribution in [1.29, 1.82) is 0 Å². The van der Waals surface area contributed by atoms with Crippen molar-refractivity contribution in [3.8, 4) is 0 Å². The number of azo groups is 1. The Kier molecular flexibility index (Phi) is 5.03. The van der Waals surface area contributed by atoms with E-state index in [0.717, 1.165) is 12.1 Å². The highest BCUT2D eigenvalue weighted by molar-refractivity contribution is 6.12. The highest BCUT2D eigenvalue weighted by Gasteiger charge is 2.36. The minimum atomic E-state index is -4.69. The van der Waals surface area contributed by atoms with Crippen LogP contribution in [0, 0.1) is 5.21 Å². The van der Waals surface area contributed by atoms with E-state index in [1.54, 1.807) is 30.3 Å². The molecular formula is C20H13F3N2O2. The number of nitrogens with zero attached hydrogens (tertiary/aromatic N) is 2. The molecule has 27 heavy (non-hydrogen) atoms. The largest absolute Gasteiger partial charge is 0.594 e. The topological polar surface area (TPSA) is 55.5 Å². The number of para-hydroxylation sites is 1. The molecule has 0 saturated carbocycles. The zero-order chi connectivity index (χ0) is 19.4. The zero-order valence-corrected chi connectivity index (χ0v) is 13.9. The second kappa shape index (κ2) is 7.41. The first-order valence-corrected chi connectivity index (χ1v) is 7.92. The summed E-state index contributed by atoms with van der Waals surface area (Å²) in [5.74, 6) is -0.900. The van der Waals surface area contributed by atoms with Gasteiger partial charge in [0.05, 0.1) is 11.1 Å². The molecule has 0 radical (unpaired) electrons. The summed E-state index contributed by atoms with van der Waals surface area (Å²) in [7, 11) is 0. The summed E-state index contributed by atoms with van der Waals surface area (Å²) in [4.78, 5) is 13.0. The van der Waals surface area contributed by atoms with Crippen molar-refractivity contribution in [1.82, 2.24) is 0 Å². The molecule has 3 aromatic rings. The Bertz CT molecular complexity index is 999. The molecule has 0 aliphatic heterocycles. The van der Waals surface area contributed by atoms with Crippen LogP contribution in [0.1, 0.15) is 21.5 Å². The molecule has 3 rings (SSSR count). The molecule has 0 atom stereocenters. The molecule has 136 valence electrons. The van der Waals surface area contributed by atoms with Crippen molar-refractivity contribution >= 4 is 17.2 Å². The van der Waals surface area contributed by atoms with Gasteiger partial charge in [0.15, 0.2) is 5.78 Å². The Morgan fingerprint density at radius 1 is 0.815 bits per heavy atom. The van der Waals surface area contributed by atoms with E-state index in [9.17, 15) is 23.2 Å². The number of halogens is 3. The molecule has 7 heteroatoms. The minimum absolute atomic E-state index is 0.136. The molecular weight excluding hydrogens is 357 g/mol. The Balaban J connectivity index is 2.08.